The Kier molecular flexibility index (Phi) is 8.58. The van der Waals surface area contributed by atoms with E-state index in [1.165, 1.54) is 0 Å². The highest BCUT2D eigenvalue weighted by atomic mass is 35.5. The monoisotopic (exact) mass is 377 g/mol. The average Bonchev–Trinajstić information content (AvgIpc) is 2.59. The van der Waals surface area contributed by atoms with Crippen LogP contribution in [-0.4, -0.2) is 53.9 Å². The number of hydrogen-bond acceptors (Lipinski definition) is 5. The van der Waals surface area contributed by atoms with E-state index < -0.39 is 5.60 Å². The van der Waals surface area contributed by atoms with E-state index in [4.69, 9.17) is 4.74 Å². The van der Waals surface area contributed by atoms with Crippen LogP contribution in [0.5, 0.6) is 5.75 Å². The lowest BCUT2D eigenvalue weighted by Crippen LogP contribution is -2.45. The largest absolute Gasteiger partial charge is 0.497 e. The van der Waals surface area contributed by atoms with Crippen molar-refractivity contribution in [3.63, 3.8) is 0 Å². The normalized spacial score (nSPS) is 12.9. The van der Waals surface area contributed by atoms with Crippen molar-refractivity contribution in [3.8, 4) is 5.75 Å². The molecule has 0 aliphatic heterocycles. The van der Waals surface area contributed by atoms with Crippen molar-refractivity contribution in [2.75, 3.05) is 38.6 Å². The molecule has 0 bridgehead atoms. The Bertz CT molecular complexity index is 724. The molecule has 1 unspecified atom stereocenters. The fourth-order valence-corrected chi connectivity index (χ4v) is 2.81. The molecule has 0 amide bonds. The van der Waals surface area contributed by atoms with Gasteiger partial charge in [0.1, 0.15) is 5.75 Å². The lowest BCUT2D eigenvalue weighted by atomic mass is 10.1. The molecule has 0 radical (unpaired) electrons. The molecule has 1 aromatic heterocycles. The minimum absolute atomic E-state index is 0. The molecule has 1 atom stereocenters. The van der Waals surface area contributed by atoms with Crippen molar-refractivity contribution in [1.82, 2.24) is 9.88 Å². The van der Waals surface area contributed by atoms with E-state index >= 15 is 0 Å². The third kappa shape index (κ3) is 6.02. The van der Waals surface area contributed by atoms with Crippen molar-refractivity contribution in [2.24, 2.45) is 0 Å². The lowest BCUT2D eigenvalue weighted by Gasteiger charge is -2.31. The number of aliphatic hydroxyl groups is 1. The average molecular weight is 378 g/mol. The maximum Gasteiger partial charge on any atom is 0.121 e. The van der Waals surface area contributed by atoms with E-state index in [1.807, 2.05) is 43.3 Å². The maximum atomic E-state index is 10.8. The molecule has 2 N–H and O–H groups in total. The Morgan fingerprint density at radius 1 is 1.31 bits per heavy atom. The van der Waals surface area contributed by atoms with Crippen LogP contribution in [0, 0.1) is 0 Å². The van der Waals surface area contributed by atoms with Gasteiger partial charge in [0.15, 0.2) is 0 Å². The van der Waals surface area contributed by atoms with Gasteiger partial charge in [-0.3, -0.25) is 9.88 Å². The van der Waals surface area contributed by atoms with Crippen molar-refractivity contribution in [3.05, 3.63) is 55.8 Å². The number of nitrogens with zero attached hydrogens (tertiary/aromatic N) is 2. The van der Waals surface area contributed by atoms with E-state index in [0.717, 1.165) is 22.3 Å². The zero-order valence-electron chi connectivity index (χ0n) is 15.4. The molecular formula is C20H28ClN3O2. The van der Waals surface area contributed by atoms with Crippen molar-refractivity contribution in [2.45, 2.75) is 12.5 Å². The van der Waals surface area contributed by atoms with Crippen molar-refractivity contribution < 1.29 is 9.84 Å². The Morgan fingerprint density at radius 2 is 2.00 bits per heavy atom. The number of hydrogen-bond donors (Lipinski definition) is 2. The number of rotatable bonds is 10. The molecule has 0 saturated carbocycles. The SMILES string of the molecule is C=CCN(CC=C)CC(C)(O)CNc1cc(OC)cc2cccnc12.Cl. The quantitative estimate of drug-likeness (QED) is 0.620. The zero-order chi connectivity index (χ0) is 18.3. The van der Waals surface area contributed by atoms with Gasteiger partial charge in [0.25, 0.3) is 0 Å². The van der Waals surface area contributed by atoms with E-state index in [-0.39, 0.29) is 12.4 Å². The predicted molar refractivity (Wildman–Crippen MR) is 111 cm³/mol. The molecule has 0 aliphatic rings. The fraction of sp³-hybridized carbons (Fsp3) is 0.350. The van der Waals surface area contributed by atoms with Gasteiger partial charge in [0.05, 0.1) is 23.9 Å². The third-order valence-corrected chi connectivity index (χ3v) is 3.91. The van der Waals surface area contributed by atoms with Gasteiger partial charge in [0, 0.05) is 43.8 Å². The molecule has 0 fully saturated rings. The van der Waals surface area contributed by atoms with E-state index in [2.05, 4.69) is 28.4 Å². The van der Waals surface area contributed by atoms with Crippen LogP contribution in [0.2, 0.25) is 0 Å². The van der Waals surface area contributed by atoms with Crippen LogP contribution in [0.15, 0.2) is 55.8 Å². The standard InChI is InChI=1S/C20H27N3O2.ClH/c1-5-10-23(11-6-2)15-20(3,24)14-22-18-13-17(25-4)12-16-8-7-9-21-19(16)18;/h5-9,12-13,22,24H,1-2,10-11,14-15H2,3-4H3;1H. The van der Waals surface area contributed by atoms with Crippen molar-refractivity contribution >= 4 is 29.0 Å². The Balaban J connectivity index is 0.00000338. The zero-order valence-corrected chi connectivity index (χ0v) is 16.3. The molecule has 5 nitrogen and oxygen atoms in total. The number of methoxy groups -OCH3 is 1. The van der Waals surface area contributed by atoms with Crippen LogP contribution < -0.4 is 10.1 Å². The van der Waals surface area contributed by atoms with Crippen LogP contribution in [0.4, 0.5) is 5.69 Å². The maximum absolute atomic E-state index is 10.8. The first-order chi connectivity index (χ1) is 12.0. The van der Waals surface area contributed by atoms with E-state index in [9.17, 15) is 5.11 Å². The van der Waals surface area contributed by atoms with Gasteiger partial charge in [-0.1, -0.05) is 18.2 Å². The van der Waals surface area contributed by atoms with Crippen LogP contribution in [-0.2, 0) is 0 Å². The third-order valence-electron chi connectivity index (χ3n) is 3.91. The second-order valence-electron chi connectivity index (χ2n) is 6.37. The summed E-state index contributed by atoms with van der Waals surface area (Å²) in [5.74, 6) is 0.752. The first kappa shape index (κ1) is 22.0. The highest BCUT2D eigenvalue weighted by Crippen LogP contribution is 2.28. The first-order valence-corrected chi connectivity index (χ1v) is 8.32. The summed E-state index contributed by atoms with van der Waals surface area (Å²) in [7, 11) is 1.64. The molecule has 1 aromatic carbocycles. The summed E-state index contributed by atoms with van der Waals surface area (Å²) >= 11 is 0. The van der Waals surface area contributed by atoms with Crippen LogP contribution in [0.3, 0.4) is 0 Å². The van der Waals surface area contributed by atoms with Gasteiger partial charge in [-0.2, -0.15) is 0 Å². The minimum Gasteiger partial charge on any atom is -0.497 e. The molecule has 26 heavy (non-hydrogen) atoms. The number of pyridine rings is 1. The van der Waals surface area contributed by atoms with Gasteiger partial charge >= 0.3 is 0 Å². The molecule has 142 valence electrons. The Hall–Kier alpha value is -2.08. The van der Waals surface area contributed by atoms with E-state index in [0.29, 0.717) is 26.2 Å². The molecule has 2 rings (SSSR count). The van der Waals surface area contributed by atoms with Crippen LogP contribution in [0.25, 0.3) is 10.9 Å². The number of halogens is 1. The Labute approximate surface area is 161 Å². The van der Waals surface area contributed by atoms with Gasteiger partial charge < -0.3 is 15.2 Å². The number of anilines is 1. The molecule has 2 aromatic rings. The number of ether oxygens (including phenoxy) is 1. The summed E-state index contributed by atoms with van der Waals surface area (Å²) in [6.45, 7) is 11.6. The number of benzene rings is 1. The van der Waals surface area contributed by atoms with Gasteiger partial charge in [-0.25, -0.2) is 0 Å². The smallest absolute Gasteiger partial charge is 0.121 e. The summed E-state index contributed by atoms with van der Waals surface area (Å²) in [5.41, 5.74) is 0.776. The molecule has 0 saturated heterocycles. The molecular weight excluding hydrogens is 350 g/mol. The highest BCUT2D eigenvalue weighted by molar-refractivity contribution is 5.91. The summed E-state index contributed by atoms with van der Waals surface area (Å²) in [6, 6.07) is 7.73. The number of fused-ring (bicyclic) bond motifs is 1. The molecule has 0 spiro atoms. The fourth-order valence-electron chi connectivity index (χ4n) is 2.81. The predicted octanol–water partition coefficient (Wildman–Crippen LogP) is 3.50. The lowest BCUT2D eigenvalue weighted by molar-refractivity contribution is 0.0380. The number of nitrogens with one attached hydrogen (secondary N) is 1. The second kappa shape index (κ2) is 10.2. The summed E-state index contributed by atoms with van der Waals surface area (Å²) in [6.07, 6.45) is 5.41. The van der Waals surface area contributed by atoms with E-state index in [1.54, 1.807) is 13.3 Å². The van der Waals surface area contributed by atoms with Gasteiger partial charge in [-0.15, -0.1) is 25.6 Å². The number of aromatic nitrogens is 1. The van der Waals surface area contributed by atoms with Crippen LogP contribution >= 0.6 is 12.4 Å². The second-order valence-corrected chi connectivity index (χ2v) is 6.37. The highest BCUT2D eigenvalue weighted by Gasteiger charge is 2.23. The molecule has 6 heteroatoms. The van der Waals surface area contributed by atoms with Crippen molar-refractivity contribution in [1.29, 1.82) is 0 Å². The topological polar surface area (TPSA) is 57.6 Å². The summed E-state index contributed by atoms with van der Waals surface area (Å²) < 4.78 is 5.36. The van der Waals surface area contributed by atoms with Gasteiger partial charge in [-0.05, 0) is 19.1 Å². The van der Waals surface area contributed by atoms with Gasteiger partial charge in [0.2, 0.25) is 0 Å². The Morgan fingerprint density at radius 3 is 2.62 bits per heavy atom. The molecule has 0 aliphatic carbocycles. The first-order valence-electron chi connectivity index (χ1n) is 8.32. The van der Waals surface area contributed by atoms with Crippen LogP contribution in [0.1, 0.15) is 6.92 Å². The minimum atomic E-state index is -0.920. The summed E-state index contributed by atoms with van der Waals surface area (Å²) in [5, 5.41) is 15.1. The molecule has 1 heterocycles. The summed E-state index contributed by atoms with van der Waals surface area (Å²) in [4.78, 5) is 6.53.